The largest absolute Gasteiger partial charge is 0.398 e. The van der Waals surface area contributed by atoms with E-state index in [1.165, 1.54) is 12.1 Å². The summed E-state index contributed by atoms with van der Waals surface area (Å²) in [5.41, 5.74) is 5.87. The van der Waals surface area contributed by atoms with Crippen LogP contribution in [0.5, 0.6) is 0 Å². The van der Waals surface area contributed by atoms with Gasteiger partial charge in [-0.1, -0.05) is 6.07 Å². The number of nitrogens with two attached hydrogens (primary N) is 1. The molecule has 2 rings (SSSR count). The lowest BCUT2D eigenvalue weighted by molar-refractivity contribution is 0.102. The number of aromatic nitrogens is 1. The van der Waals surface area contributed by atoms with Gasteiger partial charge in [-0.15, -0.1) is 0 Å². The van der Waals surface area contributed by atoms with Crippen molar-refractivity contribution < 1.29 is 9.18 Å². The van der Waals surface area contributed by atoms with E-state index in [-0.39, 0.29) is 11.3 Å². The van der Waals surface area contributed by atoms with Crippen molar-refractivity contribution in [1.82, 2.24) is 4.98 Å². The predicted octanol–water partition coefficient (Wildman–Crippen LogP) is 2.06. The minimum absolute atomic E-state index is 0.0958. The van der Waals surface area contributed by atoms with Gasteiger partial charge in [0.05, 0.1) is 5.56 Å². The number of carbonyl (C=O) groups is 1. The minimum Gasteiger partial charge on any atom is -0.398 e. The molecular weight excluding hydrogens is 221 g/mol. The maximum absolute atomic E-state index is 12.8. The molecule has 0 aliphatic rings. The minimum atomic E-state index is -0.475. The van der Waals surface area contributed by atoms with E-state index >= 15 is 0 Å². The molecule has 0 unspecified atom stereocenters. The molecule has 0 radical (unpaired) electrons. The van der Waals surface area contributed by atoms with Crippen LogP contribution in [0, 0.1) is 5.82 Å². The third-order valence-corrected chi connectivity index (χ3v) is 2.16. The number of nitrogens with zero attached hydrogens (tertiary/aromatic N) is 1. The van der Waals surface area contributed by atoms with E-state index in [2.05, 4.69) is 10.3 Å². The number of pyridine rings is 1. The first-order valence-electron chi connectivity index (χ1n) is 4.94. The average molecular weight is 231 g/mol. The highest BCUT2D eigenvalue weighted by atomic mass is 19.1. The summed E-state index contributed by atoms with van der Waals surface area (Å²) in [5, 5.41) is 2.57. The summed E-state index contributed by atoms with van der Waals surface area (Å²) in [6.45, 7) is 0. The van der Waals surface area contributed by atoms with E-state index in [0.29, 0.717) is 5.82 Å². The fourth-order valence-electron chi connectivity index (χ4n) is 1.36. The summed E-state index contributed by atoms with van der Waals surface area (Å²) >= 11 is 0. The average Bonchev–Trinajstić information content (AvgIpc) is 2.30. The molecule has 1 heterocycles. The molecule has 0 aliphatic heterocycles. The zero-order valence-electron chi connectivity index (χ0n) is 8.85. The molecule has 0 bridgehead atoms. The number of hydrogen-bond donors (Lipinski definition) is 2. The van der Waals surface area contributed by atoms with E-state index in [0.717, 1.165) is 6.07 Å². The second-order valence-electron chi connectivity index (χ2n) is 3.40. The molecule has 0 saturated heterocycles. The van der Waals surface area contributed by atoms with Crippen LogP contribution in [0.1, 0.15) is 10.4 Å². The van der Waals surface area contributed by atoms with Crippen LogP contribution in [0.25, 0.3) is 0 Å². The lowest BCUT2D eigenvalue weighted by Gasteiger charge is -2.06. The highest BCUT2D eigenvalue weighted by molar-refractivity contribution is 6.07. The molecule has 2 aromatic rings. The topological polar surface area (TPSA) is 68.0 Å². The summed E-state index contributed by atoms with van der Waals surface area (Å²) < 4.78 is 12.8. The van der Waals surface area contributed by atoms with Gasteiger partial charge in [-0.2, -0.15) is 0 Å². The first-order valence-corrected chi connectivity index (χ1v) is 4.94. The summed E-state index contributed by atoms with van der Waals surface area (Å²) in [6.07, 6.45) is 1.56. The van der Waals surface area contributed by atoms with Crippen molar-refractivity contribution in [3.05, 3.63) is 54.0 Å². The Labute approximate surface area is 97.3 Å². The van der Waals surface area contributed by atoms with Crippen molar-refractivity contribution in [2.75, 3.05) is 11.1 Å². The van der Waals surface area contributed by atoms with Crippen molar-refractivity contribution in [3.63, 3.8) is 0 Å². The van der Waals surface area contributed by atoms with Gasteiger partial charge >= 0.3 is 0 Å². The van der Waals surface area contributed by atoms with Gasteiger partial charge in [0, 0.05) is 11.9 Å². The van der Waals surface area contributed by atoms with Crippen LogP contribution in [0.4, 0.5) is 15.9 Å². The van der Waals surface area contributed by atoms with E-state index < -0.39 is 11.7 Å². The van der Waals surface area contributed by atoms with Crippen LogP contribution in [0.3, 0.4) is 0 Å². The lowest BCUT2D eigenvalue weighted by atomic mass is 10.1. The smallest absolute Gasteiger partial charge is 0.258 e. The number of carbonyl (C=O) groups excluding carboxylic acids is 1. The molecule has 86 valence electrons. The molecule has 5 heteroatoms. The van der Waals surface area contributed by atoms with Crippen LogP contribution < -0.4 is 11.1 Å². The molecule has 4 nitrogen and oxygen atoms in total. The standard InChI is InChI=1S/C12H10FN3O/c13-8-4-5-9(10(14)7-8)12(17)16-11-3-1-2-6-15-11/h1-7H,14H2,(H,15,16,17). The first-order chi connectivity index (χ1) is 8.16. The van der Waals surface area contributed by atoms with Gasteiger partial charge in [-0.3, -0.25) is 4.79 Å². The first kappa shape index (κ1) is 11.1. The Balaban J connectivity index is 2.21. The summed E-state index contributed by atoms with van der Waals surface area (Å²) in [7, 11) is 0. The molecular formula is C12H10FN3O. The Kier molecular flexibility index (Phi) is 3.00. The Bertz CT molecular complexity index is 543. The van der Waals surface area contributed by atoms with Crippen molar-refractivity contribution in [2.24, 2.45) is 0 Å². The second kappa shape index (κ2) is 4.61. The van der Waals surface area contributed by atoms with E-state index in [1.807, 2.05) is 0 Å². The fraction of sp³-hybridized carbons (Fsp3) is 0. The lowest BCUT2D eigenvalue weighted by Crippen LogP contribution is -2.14. The zero-order valence-corrected chi connectivity index (χ0v) is 8.85. The SMILES string of the molecule is Nc1cc(F)ccc1C(=O)Nc1ccccn1. The number of nitrogen functional groups attached to an aromatic ring is 1. The van der Waals surface area contributed by atoms with Crippen LogP contribution in [0.15, 0.2) is 42.6 Å². The molecule has 3 N–H and O–H groups in total. The summed E-state index contributed by atoms with van der Waals surface area (Å²) in [4.78, 5) is 15.7. The molecule has 1 aromatic heterocycles. The summed E-state index contributed by atoms with van der Waals surface area (Å²) in [5.74, 6) is -0.473. The highest BCUT2D eigenvalue weighted by Gasteiger charge is 2.10. The van der Waals surface area contributed by atoms with Crippen LogP contribution in [0.2, 0.25) is 0 Å². The normalized spacial score (nSPS) is 9.94. The van der Waals surface area contributed by atoms with Gasteiger partial charge in [-0.05, 0) is 30.3 Å². The van der Waals surface area contributed by atoms with Gasteiger partial charge in [-0.25, -0.2) is 9.37 Å². The van der Waals surface area contributed by atoms with Crippen molar-refractivity contribution in [3.8, 4) is 0 Å². The Morgan fingerprint density at radius 2 is 2.12 bits per heavy atom. The molecule has 0 aliphatic carbocycles. The zero-order chi connectivity index (χ0) is 12.3. The Hall–Kier alpha value is -2.43. The maximum atomic E-state index is 12.8. The Morgan fingerprint density at radius 3 is 2.76 bits per heavy atom. The second-order valence-corrected chi connectivity index (χ2v) is 3.40. The number of benzene rings is 1. The maximum Gasteiger partial charge on any atom is 0.258 e. The molecule has 1 amide bonds. The number of anilines is 2. The number of rotatable bonds is 2. The summed E-state index contributed by atoms with van der Waals surface area (Å²) in [6, 6.07) is 8.76. The number of amides is 1. The highest BCUT2D eigenvalue weighted by Crippen LogP contribution is 2.14. The van der Waals surface area contributed by atoms with Crippen molar-refractivity contribution in [2.45, 2.75) is 0 Å². The van der Waals surface area contributed by atoms with E-state index in [1.54, 1.807) is 24.4 Å². The molecule has 0 spiro atoms. The fourth-order valence-corrected chi connectivity index (χ4v) is 1.36. The molecule has 1 aromatic carbocycles. The van der Waals surface area contributed by atoms with Crippen LogP contribution in [-0.2, 0) is 0 Å². The van der Waals surface area contributed by atoms with Gasteiger partial charge in [0.1, 0.15) is 11.6 Å². The van der Waals surface area contributed by atoms with Gasteiger partial charge < -0.3 is 11.1 Å². The van der Waals surface area contributed by atoms with E-state index in [4.69, 9.17) is 5.73 Å². The van der Waals surface area contributed by atoms with Gasteiger partial charge in [0.15, 0.2) is 0 Å². The quantitative estimate of drug-likeness (QED) is 0.777. The molecule has 17 heavy (non-hydrogen) atoms. The molecule has 0 atom stereocenters. The van der Waals surface area contributed by atoms with E-state index in [9.17, 15) is 9.18 Å². The predicted molar refractivity (Wildman–Crippen MR) is 63.0 cm³/mol. The third kappa shape index (κ3) is 2.57. The number of nitrogens with one attached hydrogen (secondary N) is 1. The number of halogens is 1. The Morgan fingerprint density at radius 1 is 1.29 bits per heavy atom. The molecule has 0 saturated carbocycles. The number of hydrogen-bond acceptors (Lipinski definition) is 3. The van der Waals surface area contributed by atoms with Crippen LogP contribution >= 0.6 is 0 Å². The van der Waals surface area contributed by atoms with Gasteiger partial charge in [0.25, 0.3) is 5.91 Å². The van der Waals surface area contributed by atoms with Crippen molar-refractivity contribution >= 4 is 17.4 Å². The van der Waals surface area contributed by atoms with Gasteiger partial charge in [0.2, 0.25) is 0 Å². The monoisotopic (exact) mass is 231 g/mol. The molecule has 0 fully saturated rings. The van der Waals surface area contributed by atoms with Crippen LogP contribution in [-0.4, -0.2) is 10.9 Å². The third-order valence-electron chi connectivity index (χ3n) is 2.16. The van der Waals surface area contributed by atoms with Crippen molar-refractivity contribution in [1.29, 1.82) is 0 Å².